The molecule has 23 heavy (non-hydrogen) atoms. The minimum absolute atomic E-state index is 0.00000997. The van der Waals surface area contributed by atoms with Gasteiger partial charge in [-0.05, 0) is 59.2 Å². The van der Waals surface area contributed by atoms with Crippen molar-refractivity contribution in [2.75, 3.05) is 17.2 Å². The SMILES string of the molecule is C=CC(=O)OCCc1ccc(NC(C)(C)C)cc1NC(C)(C)C. The monoisotopic (exact) mass is 318 g/mol. The highest BCUT2D eigenvalue weighted by Gasteiger charge is 2.15. The van der Waals surface area contributed by atoms with Crippen molar-refractivity contribution in [3.05, 3.63) is 36.4 Å². The van der Waals surface area contributed by atoms with Crippen molar-refractivity contribution in [1.29, 1.82) is 0 Å². The molecule has 0 saturated carbocycles. The zero-order valence-electron chi connectivity index (χ0n) is 15.2. The van der Waals surface area contributed by atoms with Gasteiger partial charge in [0.1, 0.15) is 0 Å². The molecule has 0 aliphatic rings. The lowest BCUT2D eigenvalue weighted by Crippen LogP contribution is -2.28. The molecule has 0 aromatic heterocycles. The third kappa shape index (κ3) is 7.73. The van der Waals surface area contributed by atoms with Gasteiger partial charge in [0, 0.05) is 34.9 Å². The number of esters is 1. The van der Waals surface area contributed by atoms with Crippen molar-refractivity contribution in [3.8, 4) is 0 Å². The van der Waals surface area contributed by atoms with Crippen molar-refractivity contribution in [2.24, 2.45) is 0 Å². The highest BCUT2D eigenvalue weighted by molar-refractivity contribution is 5.81. The van der Waals surface area contributed by atoms with Crippen LogP contribution in [-0.2, 0) is 16.0 Å². The first-order valence-electron chi connectivity index (χ1n) is 7.99. The Kier molecular flexibility index (Phi) is 6.25. The third-order valence-electron chi connectivity index (χ3n) is 2.92. The average Bonchev–Trinajstić information content (AvgIpc) is 2.37. The van der Waals surface area contributed by atoms with Gasteiger partial charge in [-0.1, -0.05) is 12.6 Å². The summed E-state index contributed by atoms with van der Waals surface area (Å²) in [7, 11) is 0. The second-order valence-corrected chi connectivity index (χ2v) is 7.74. The van der Waals surface area contributed by atoms with E-state index in [9.17, 15) is 4.79 Å². The molecule has 128 valence electrons. The number of hydrogen-bond donors (Lipinski definition) is 2. The van der Waals surface area contributed by atoms with Crippen LogP contribution in [0.5, 0.6) is 0 Å². The van der Waals surface area contributed by atoms with E-state index in [0.29, 0.717) is 13.0 Å². The quantitative estimate of drug-likeness (QED) is 0.604. The molecule has 0 atom stereocenters. The molecule has 0 saturated heterocycles. The predicted molar refractivity (Wildman–Crippen MR) is 98.1 cm³/mol. The minimum Gasteiger partial charge on any atom is -0.462 e. The van der Waals surface area contributed by atoms with Crippen LogP contribution >= 0.6 is 0 Å². The molecule has 0 radical (unpaired) electrons. The van der Waals surface area contributed by atoms with Gasteiger partial charge < -0.3 is 15.4 Å². The summed E-state index contributed by atoms with van der Waals surface area (Å²) in [5.74, 6) is -0.388. The van der Waals surface area contributed by atoms with Crippen LogP contribution in [0.15, 0.2) is 30.9 Å². The van der Waals surface area contributed by atoms with Crippen molar-refractivity contribution in [1.82, 2.24) is 0 Å². The Labute approximate surface area is 140 Å². The molecular formula is C19H30N2O2. The number of hydrogen-bond acceptors (Lipinski definition) is 4. The first-order chi connectivity index (χ1) is 10.5. The summed E-state index contributed by atoms with van der Waals surface area (Å²) in [4.78, 5) is 11.2. The fourth-order valence-electron chi connectivity index (χ4n) is 2.15. The molecule has 0 aliphatic carbocycles. The highest BCUT2D eigenvalue weighted by Crippen LogP contribution is 2.26. The van der Waals surface area contributed by atoms with E-state index < -0.39 is 0 Å². The van der Waals surface area contributed by atoms with E-state index in [2.05, 4.69) is 77.0 Å². The number of anilines is 2. The van der Waals surface area contributed by atoms with Crippen LogP contribution in [0.25, 0.3) is 0 Å². The van der Waals surface area contributed by atoms with Gasteiger partial charge >= 0.3 is 5.97 Å². The zero-order chi connectivity index (χ0) is 17.7. The summed E-state index contributed by atoms with van der Waals surface area (Å²) in [6.07, 6.45) is 1.85. The van der Waals surface area contributed by atoms with Gasteiger partial charge in [-0.2, -0.15) is 0 Å². The van der Waals surface area contributed by atoms with Crippen LogP contribution in [0.2, 0.25) is 0 Å². The van der Waals surface area contributed by atoms with Crippen LogP contribution in [0.4, 0.5) is 11.4 Å². The Hall–Kier alpha value is -1.97. The van der Waals surface area contributed by atoms with Crippen LogP contribution in [0, 0.1) is 0 Å². The zero-order valence-corrected chi connectivity index (χ0v) is 15.2. The summed E-state index contributed by atoms with van der Waals surface area (Å²) >= 11 is 0. The van der Waals surface area contributed by atoms with Crippen molar-refractivity contribution in [2.45, 2.75) is 59.0 Å². The van der Waals surface area contributed by atoms with E-state index in [1.807, 2.05) is 0 Å². The summed E-state index contributed by atoms with van der Waals surface area (Å²) in [5.41, 5.74) is 3.20. The maximum absolute atomic E-state index is 11.2. The number of carbonyl (C=O) groups excluding carboxylic acids is 1. The van der Waals surface area contributed by atoms with Crippen LogP contribution in [0.3, 0.4) is 0 Å². The normalized spacial score (nSPS) is 11.7. The molecule has 4 heteroatoms. The fourth-order valence-corrected chi connectivity index (χ4v) is 2.15. The van der Waals surface area contributed by atoms with E-state index in [-0.39, 0.29) is 17.0 Å². The lowest BCUT2D eigenvalue weighted by molar-refractivity contribution is -0.137. The number of benzene rings is 1. The molecule has 0 fully saturated rings. The molecule has 0 unspecified atom stereocenters. The lowest BCUT2D eigenvalue weighted by Gasteiger charge is -2.27. The number of ether oxygens (including phenoxy) is 1. The number of nitrogens with one attached hydrogen (secondary N) is 2. The van der Waals surface area contributed by atoms with E-state index in [1.165, 1.54) is 6.08 Å². The van der Waals surface area contributed by atoms with Crippen LogP contribution in [0.1, 0.15) is 47.1 Å². The predicted octanol–water partition coefficient (Wildman–Crippen LogP) is 4.38. The minimum atomic E-state index is -0.388. The molecule has 0 amide bonds. The maximum atomic E-state index is 11.2. The largest absolute Gasteiger partial charge is 0.462 e. The molecular weight excluding hydrogens is 288 g/mol. The Morgan fingerprint density at radius 2 is 1.74 bits per heavy atom. The Morgan fingerprint density at radius 1 is 1.13 bits per heavy atom. The van der Waals surface area contributed by atoms with Crippen LogP contribution < -0.4 is 10.6 Å². The van der Waals surface area contributed by atoms with E-state index in [1.54, 1.807) is 0 Å². The summed E-state index contributed by atoms with van der Waals surface area (Å²) in [5, 5.41) is 7.01. The number of carbonyl (C=O) groups is 1. The second-order valence-electron chi connectivity index (χ2n) is 7.74. The second kappa shape index (κ2) is 7.53. The average molecular weight is 318 g/mol. The first-order valence-corrected chi connectivity index (χ1v) is 7.99. The first kappa shape index (κ1) is 19.1. The standard InChI is InChI=1S/C19H30N2O2/c1-8-17(22)23-12-11-14-9-10-15(20-18(2,3)4)13-16(14)21-19(5,6)7/h8-10,13,20-21H,1,11-12H2,2-7H3. The van der Waals surface area contributed by atoms with E-state index in [4.69, 9.17) is 4.74 Å². The fraction of sp³-hybridized carbons (Fsp3) is 0.526. The molecule has 1 rings (SSSR count). The van der Waals surface area contributed by atoms with E-state index >= 15 is 0 Å². The maximum Gasteiger partial charge on any atom is 0.330 e. The van der Waals surface area contributed by atoms with Gasteiger partial charge in [-0.25, -0.2) is 4.79 Å². The van der Waals surface area contributed by atoms with Crippen molar-refractivity contribution in [3.63, 3.8) is 0 Å². The number of rotatable bonds is 6. The summed E-state index contributed by atoms with van der Waals surface area (Å²) in [6, 6.07) is 6.24. The van der Waals surface area contributed by atoms with Gasteiger partial charge in [-0.15, -0.1) is 0 Å². The van der Waals surface area contributed by atoms with Gasteiger partial charge in [0.2, 0.25) is 0 Å². The molecule has 2 N–H and O–H groups in total. The summed E-state index contributed by atoms with van der Waals surface area (Å²) in [6.45, 7) is 16.5. The topological polar surface area (TPSA) is 50.4 Å². The highest BCUT2D eigenvalue weighted by atomic mass is 16.5. The molecule has 4 nitrogen and oxygen atoms in total. The molecule has 1 aromatic rings. The summed E-state index contributed by atoms with van der Waals surface area (Å²) < 4.78 is 5.09. The van der Waals surface area contributed by atoms with Crippen molar-refractivity contribution >= 4 is 17.3 Å². The van der Waals surface area contributed by atoms with Gasteiger partial charge in [0.15, 0.2) is 0 Å². The Balaban J connectivity index is 2.94. The molecule has 0 bridgehead atoms. The lowest BCUT2D eigenvalue weighted by atomic mass is 10.0. The molecule has 0 aliphatic heterocycles. The van der Waals surface area contributed by atoms with Gasteiger partial charge in [0.25, 0.3) is 0 Å². The van der Waals surface area contributed by atoms with Gasteiger partial charge in [-0.3, -0.25) is 0 Å². The van der Waals surface area contributed by atoms with Crippen LogP contribution in [-0.4, -0.2) is 23.7 Å². The molecule has 0 heterocycles. The molecule has 1 aromatic carbocycles. The smallest absolute Gasteiger partial charge is 0.330 e. The van der Waals surface area contributed by atoms with Crippen molar-refractivity contribution < 1.29 is 9.53 Å². The van der Waals surface area contributed by atoms with E-state index in [0.717, 1.165) is 16.9 Å². The van der Waals surface area contributed by atoms with Gasteiger partial charge in [0.05, 0.1) is 6.61 Å². The Bertz CT molecular complexity index is 551. The third-order valence-corrected chi connectivity index (χ3v) is 2.92. The molecule has 0 spiro atoms. The Morgan fingerprint density at radius 3 is 2.26 bits per heavy atom.